The summed E-state index contributed by atoms with van der Waals surface area (Å²) in [5.74, 6) is 1.07. The summed E-state index contributed by atoms with van der Waals surface area (Å²) < 4.78 is 7.79. The lowest BCUT2D eigenvalue weighted by molar-refractivity contribution is 0.115. The van der Waals surface area contributed by atoms with Gasteiger partial charge in [-0.1, -0.05) is 6.92 Å². The maximum absolute atomic E-state index is 6.22. The summed E-state index contributed by atoms with van der Waals surface area (Å²) in [7, 11) is 0. The summed E-state index contributed by atoms with van der Waals surface area (Å²) in [6, 6.07) is 0. The molecule has 1 aliphatic rings. The van der Waals surface area contributed by atoms with E-state index in [-0.39, 0.29) is 0 Å². The average Bonchev–Trinajstić information content (AvgIpc) is 2.98. The zero-order chi connectivity index (χ0) is 13.8. The van der Waals surface area contributed by atoms with Crippen molar-refractivity contribution >= 4 is 11.5 Å². The average molecular weight is 266 g/mol. The zero-order valence-corrected chi connectivity index (χ0v) is 12.4. The van der Waals surface area contributed by atoms with Gasteiger partial charge in [-0.25, -0.2) is 4.68 Å². The molecule has 0 amide bonds. The second-order valence-electron chi connectivity index (χ2n) is 5.22. The fraction of sp³-hybridized carbons (Fsp3) is 0.786. The van der Waals surface area contributed by atoms with E-state index in [1.807, 2.05) is 11.6 Å². The summed E-state index contributed by atoms with van der Waals surface area (Å²) in [4.78, 5) is 2.31. The third-order valence-electron chi connectivity index (χ3n) is 3.71. The Morgan fingerprint density at radius 3 is 2.84 bits per heavy atom. The molecule has 0 aromatic carbocycles. The number of likely N-dealkylation sites (N-methyl/N-ethyl adjacent to an activating group) is 1. The highest BCUT2D eigenvalue weighted by Gasteiger charge is 2.23. The first-order valence-electron chi connectivity index (χ1n) is 7.36. The van der Waals surface area contributed by atoms with E-state index in [1.54, 1.807) is 0 Å². The van der Waals surface area contributed by atoms with Crippen LogP contribution in [0, 0.1) is 6.92 Å². The molecule has 0 aliphatic carbocycles. The molecule has 108 valence electrons. The maximum atomic E-state index is 6.22. The Hall–Kier alpha value is -1.23. The molecule has 1 aromatic rings. The number of nitrogen functional groups attached to an aromatic ring is 1. The second-order valence-corrected chi connectivity index (χ2v) is 5.22. The van der Waals surface area contributed by atoms with Crippen LogP contribution in [0.3, 0.4) is 0 Å². The van der Waals surface area contributed by atoms with Crippen LogP contribution < -0.4 is 10.6 Å². The Morgan fingerprint density at radius 1 is 1.47 bits per heavy atom. The van der Waals surface area contributed by atoms with Crippen molar-refractivity contribution in [1.29, 1.82) is 0 Å². The molecule has 0 radical (unpaired) electrons. The third kappa shape index (κ3) is 3.03. The van der Waals surface area contributed by atoms with E-state index in [2.05, 4.69) is 23.8 Å². The number of rotatable bonds is 6. The minimum atomic E-state index is 0.338. The van der Waals surface area contributed by atoms with Crippen LogP contribution in [0.15, 0.2) is 0 Å². The van der Waals surface area contributed by atoms with Crippen LogP contribution in [0.5, 0.6) is 0 Å². The molecule has 1 aromatic heterocycles. The van der Waals surface area contributed by atoms with Gasteiger partial charge in [-0.15, -0.1) is 0 Å². The Labute approximate surface area is 115 Å². The summed E-state index contributed by atoms with van der Waals surface area (Å²) in [5.41, 5.74) is 7.96. The maximum Gasteiger partial charge on any atom is 0.150 e. The van der Waals surface area contributed by atoms with Gasteiger partial charge in [0.25, 0.3) is 0 Å². The minimum Gasteiger partial charge on any atom is -0.394 e. The number of anilines is 2. The fourth-order valence-corrected chi connectivity index (χ4v) is 2.68. The van der Waals surface area contributed by atoms with Crippen LogP contribution in [0.1, 0.15) is 38.8 Å². The topological polar surface area (TPSA) is 56.3 Å². The number of nitrogens with two attached hydrogens (primary N) is 1. The lowest BCUT2D eigenvalue weighted by atomic mass is 10.2. The van der Waals surface area contributed by atoms with Crippen molar-refractivity contribution in [2.24, 2.45) is 0 Å². The van der Waals surface area contributed by atoms with Crippen molar-refractivity contribution in [3.63, 3.8) is 0 Å². The fourth-order valence-electron chi connectivity index (χ4n) is 2.68. The second kappa shape index (κ2) is 6.28. The Kier molecular flexibility index (Phi) is 4.69. The van der Waals surface area contributed by atoms with E-state index in [0.717, 1.165) is 56.3 Å². The molecule has 1 fully saturated rings. The lowest BCUT2D eigenvalue weighted by Gasteiger charge is -2.27. The molecule has 2 heterocycles. The SMILES string of the molecule is CCCn1nc(C)c(N)c1N(CC)CC1CCCO1. The van der Waals surface area contributed by atoms with Gasteiger partial charge in [0.2, 0.25) is 0 Å². The Balaban J connectivity index is 2.20. The molecule has 1 unspecified atom stereocenters. The van der Waals surface area contributed by atoms with E-state index >= 15 is 0 Å². The molecule has 1 saturated heterocycles. The highest BCUT2D eigenvalue weighted by Crippen LogP contribution is 2.28. The smallest absolute Gasteiger partial charge is 0.150 e. The number of aromatic nitrogens is 2. The number of hydrogen-bond acceptors (Lipinski definition) is 4. The van der Waals surface area contributed by atoms with Gasteiger partial charge in [-0.2, -0.15) is 5.10 Å². The van der Waals surface area contributed by atoms with Crippen molar-refractivity contribution in [1.82, 2.24) is 9.78 Å². The molecule has 0 bridgehead atoms. The number of ether oxygens (including phenoxy) is 1. The predicted molar refractivity (Wildman–Crippen MR) is 78.5 cm³/mol. The van der Waals surface area contributed by atoms with Crippen LogP contribution >= 0.6 is 0 Å². The number of nitrogens with zero attached hydrogens (tertiary/aromatic N) is 3. The van der Waals surface area contributed by atoms with Gasteiger partial charge in [0.15, 0.2) is 5.82 Å². The van der Waals surface area contributed by atoms with E-state index in [9.17, 15) is 0 Å². The Morgan fingerprint density at radius 2 is 2.26 bits per heavy atom. The van der Waals surface area contributed by atoms with Crippen molar-refractivity contribution < 1.29 is 4.74 Å². The van der Waals surface area contributed by atoms with E-state index in [1.165, 1.54) is 6.42 Å². The molecule has 5 heteroatoms. The molecular weight excluding hydrogens is 240 g/mol. The van der Waals surface area contributed by atoms with Gasteiger partial charge in [-0.3, -0.25) is 0 Å². The van der Waals surface area contributed by atoms with Gasteiger partial charge >= 0.3 is 0 Å². The van der Waals surface area contributed by atoms with Crippen molar-refractivity contribution in [2.45, 2.75) is 52.7 Å². The van der Waals surface area contributed by atoms with Crippen LogP contribution in [-0.2, 0) is 11.3 Å². The molecule has 0 spiro atoms. The third-order valence-corrected chi connectivity index (χ3v) is 3.71. The van der Waals surface area contributed by atoms with Crippen molar-refractivity contribution in [2.75, 3.05) is 30.3 Å². The van der Waals surface area contributed by atoms with Gasteiger partial charge in [-0.05, 0) is 33.1 Å². The molecule has 0 saturated carbocycles. The van der Waals surface area contributed by atoms with E-state index in [4.69, 9.17) is 10.5 Å². The monoisotopic (exact) mass is 266 g/mol. The molecule has 1 atom stereocenters. The molecule has 2 rings (SSSR count). The first-order chi connectivity index (χ1) is 9.17. The largest absolute Gasteiger partial charge is 0.394 e. The van der Waals surface area contributed by atoms with Crippen LogP contribution in [0.4, 0.5) is 11.5 Å². The number of aryl methyl sites for hydroxylation is 2. The molecule has 5 nitrogen and oxygen atoms in total. The van der Waals surface area contributed by atoms with Gasteiger partial charge in [0.1, 0.15) is 0 Å². The van der Waals surface area contributed by atoms with Crippen LogP contribution in [-0.4, -0.2) is 35.6 Å². The predicted octanol–water partition coefficient (Wildman–Crippen LogP) is 2.19. The van der Waals surface area contributed by atoms with Crippen molar-refractivity contribution in [3.05, 3.63) is 5.69 Å². The van der Waals surface area contributed by atoms with Crippen LogP contribution in [0.25, 0.3) is 0 Å². The number of hydrogen-bond donors (Lipinski definition) is 1. The van der Waals surface area contributed by atoms with Crippen LogP contribution in [0.2, 0.25) is 0 Å². The van der Waals surface area contributed by atoms with Gasteiger partial charge in [0.05, 0.1) is 17.5 Å². The standard InChI is InChI=1S/C14H26N4O/c1-4-8-18-14(13(15)11(3)16-18)17(5-2)10-12-7-6-9-19-12/h12H,4-10,15H2,1-3H3. The summed E-state index contributed by atoms with van der Waals surface area (Å²) in [6.45, 7) is 9.94. The summed E-state index contributed by atoms with van der Waals surface area (Å²) >= 11 is 0. The first-order valence-corrected chi connectivity index (χ1v) is 7.36. The first kappa shape index (κ1) is 14.2. The van der Waals surface area contributed by atoms with E-state index in [0.29, 0.717) is 6.10 Å². The van der Waals surface area contributed by atoms with E-state index < -0.39 is 0 Å². The molecule has 2 N–H and O–H groups in total. The minimum absolute atomic E-state index is 0.338. The quantitative estimate of drug-likeness (QED) is 0.857. The lowest BCUT2D eigenvalue weighted by Crippen LogP contribution is -2.34. The van der Waals surface area contributed by atoms with Gasteiger partial charge in [0, 0.05) is 26.2 Å². The Bertz CT molecular complexity index is 410. The highest BCUT2D eigenvalue weighted by molar-refractivity contribution is 5.66. The van der Waals surface area contributed by atoms with Gasteiger partial charge < -0.3 is 15.4 Å². The normalized spacial score (nSPS) is 19.0. The summed E-state index contributed by atoms with van der Waals surface area (Å²) in [5, 5.41) is 4.55. The molecule has 1 aliphatic heterocycles. The summed E-state index contributed by atoms with van der Waals surface area (Å²) in [6.07, 6.45) is 3.72. The molecule has 19 heavy (non-hydrogen) atoms. The zero-order valence-electron chi connectivity index (χ0n) is 12.4. The van der Waals surface area contributed by atoms with Crippen molar-refractivity contribution in [3.8, 4) is 0 Å². The highest BCUT2D eigenvalue weighted by atomic mass is 16.5. The molecular formula is C14H26N4O.